The maximum absolute atomic E-state index is 12.7. The number of likely N-dealkylation sites (tertiary alicyclic amines) is 1. The molecule has 1 fully saturated rings. The summed E-state index contributed by atoms with van der Waals surface area (Å²) >= 11 is 0. The molecule has 0 bridgehead atoms. The third kappa shape index (κ3) is 3.75. The number of aromatic nitrogens is 1. The molecule has 24 heavy (non-hydrogen) atoms. The maximum atomic E-state index is 12.7. The molecule has 1 N–H and O–H groups in total. The molecule has 0 aliphatic carbocycles. The lowest BCUT2D eigenvalue weighted by Crippen LogP contribution is -2.43. The largest absolute Gasteiger partial charge is 0.354 e. The summed E-state index contributed by atoms with van der Waals surface area (Å²) in [7, 11) is 0. The molecule has 126 valence electrons. The van der Waals surface area contributed by atoms with Crippen LogP contribution in [0.1, 0.15) is 48.7 Å². The molecule has 2 aromatic rings. The average Bonchev–Trinajstić information content (AvgIpc) is 2.62. The summed E-state index contributed by atoms with van der Waals surface area (Å²) in [6, 6.07) is 12.3. The molecule has 1 atom stereocenters. The Hall–Kier alpha value is -2.36. The van der Waals surface area contributed by atoms with Crippen LogP contribution in [-0.2, 0) is 0 Å². The van der Waals surface area contributed by atoms with Crippen molar-refractivity contribution in [3.63, 3.8) is 0 Å². The molecular weight excluding hydrogens is 298 g/mol. The van der Waals surface area contributed by atoms with E-state index in [2.05, 4.69) is 36.3 Å². The van der Waals surface area contributed by atoms with Crippen LogP contribution < -0.4 is 5.32 Å². The van der Waals surface area contributed by atoms with Crippen molar-refractivity contribution in [3.05, 3.63) is 53.9 Å². The van der Waals surface area contributed by atoms with Crippen LogP contribution in [-0.4, -0.2) is 28.4 Å². The Balaban J connectivity index is 1.70. The number of pyridine rings is 1. The molecule has 4 nitrogen and oxygen atoms in total. The van der Waals surface area contributed by atoms with E-state index in [4.69, 9.17) is 0 Å². The summed E-state index contributed by atoms with van der Waals surface area (Å²) in [6.45, 7) is 5.06. The first kappa shape index (κ1) is 16.5. The summed E-state index contributed by atoms with van der Waals surface area (Å²) in [5.41, 5.74) is 3.65. The number of rotatable bonds is 4. The first-order valence-corrected chi connectivity index (χ1v) is 8.78. The summed E-state index contributed by atoms with van der Waals surface area (Å²) < 4.78 is 0. The van der Waals surface area contributed by atoms with Crippen LogP contribution in [0.15, 0.2) is 42.6 Å². The van der Waals surface area contributed by atoms with Crippen molar-refractivity contribution in [3.8, 4) is 0 Å². The number of amides is 1. The van der Waals surface area contributed by atoms with Gasteiger partial charge >= 0.3 is 0 Å². The van der Waals surface area contributed by atoms with Gasteiger partial charge in [0.25, 0.3) is 5.91 Å². The van der Waals surface area contributed by atoms with E-state index in [0.29, 0.717) is 11.7 Å². The van der Waals surface area contributed by atoms with Gasteiger partial charge in [0.2, 0.25) is 0 Å². The average molecular weight is 323 g/mol. The monoisotopic (exact) mass is 323 g/mol. The smallest absolute Gasteiger partial charge is 0.272 e. The Morgan fingerprint density at radius 3 is 2.83 bits per heavy atom. The Morgan fingerprint density at radius 2 is 2.12 bits per heavy atom. The number of piperidine rings is 1. The lowest BCUT2D eigenvalue weighted by atomic mass is 9.99. The Bertz CT molecular complexity index is 696. The Morgan fingerprint density at radius 1 is 1.25 bits per heavy atom. The zero-order valence-electron chi connectivity index (χ0n) is 14.5. The number of hydrogen-bond donors (Lipinski definition) is 1. The van der Waals surface area contributed by atoms with Crippen LogP contribution >= 0.6 is 0 Å². The van der Waals surface area contributed by atoms with Gasteiger partial charge in [0.1, 0.15) is 5.69 Å². The van der Waals surface area contributed by atoms with Crippen LogP contribution in [0.25, 0.3) is 0 Å². The van der Waals surface area contributed by atoms with Gasteiger partial charge < -0.3 is 10.2 Å². The minimum absolute atomic E-state index is 0.0589. The van der Waals surface area contributed by atoms with Gasteiger partial charge in [-0.1, -0.05) is 19.1 Å². The van der Waals surface area contributed by atoms with E-state index in [0.717, 1.165) is 37.2 Å². The van der Waals surface area contributed by atoms with Crippen molar-refractivity contribution in [2.45, 2.75) is 45.6 Å². The number of carbonyl (C=O) groups is 1. The van der Waals surface area contributed by atoms with Crippen LogP contribution in [0.3, 0.4) is 0 Å². The van der Waals surface area contributed by atoms with E-state index in [1.54, 1.807) is 6.20 Å². The third-order valence-electron chi connectivity index (χ3n) is 4.65. The van der Waals surface area contributed by atoms with E-state index in [-0.39, 0.29) is 5.91 Å². The van der Waals surface area contributed by atoms with Crippen molar-refractivity contribution >= 4 is 17.3 Å². The Kier molecular flexibility index (Phi) is 5.14. The molecular formula is C20H25N3O. The number of nitrogens with one attached hydrogen (secondary N) is 1. The minimum atomic E-state index is 0.0589. The van der Waals surface area contributed by atoms with Crippen LogP contribution in [0, 0.1) is 6.92 Å². The fourth-order valence-electron chi connectivity index (χ4n) is 3.32. The van der Waals surface area contributed by atoms with E-state index >= 15 is 0 Å². The molecule has 0 radical (unpaired) electrons. The van der Waals surface area contributed by atoms with Gasteiger partial charge in [-0.25, -0.2) is 4.98 Å². The second-order valence-electron chi connectivity index (χ2n) is 6.48. The molecule has 1 aliphatic rings. The standard InChI is InChI=1S/C20H25N3O/c1-3-18-9-4-5-12-23(18)20(24)19-11-10-17(14-21-19)22-16-8-6-7-15(2)13-16/h6-8,10-11,13-14,18,22H,3-5,9,12H2,1-2H3. The first-order chi connectivity index (χ1) is 11.7. The van der Waals surface area contributed by atoms with Gasteiger partial charge in [-0.15, -0.1) is 0 Å². The summed E-state index contributed by atoms with van der Waals surface area (Å²) in [5.74, 6) is 0.0589. The van der Waals surface area contributed by atoms with Crippen LogP contribution in [0.4, 0.5) is 11.4 Å². The van der Waals surface area contributed by atoms with Crippen molar-refractivity contribution in [1.82, 2.24) is 9.88 Å². The second kappa shape index (κ2) is 7.47. The number of aryl methyl sites for hydroxylation is 1. The van der Waals surface area contributed by atoms with Gasteiger partial charge in [0, 0.05) is 18.3 Å². The van der Waals surface area contributed by atoms with Crippen molar-refractivity contribution < 1.29 is 4.79 Å². The highest BCUT2D eigenvalue weighted by atomic mass is 16.2. The van der Waals surface area contributed by atoms with Crippen molar-refractivity contribution in [1.29, 1.82) is 0 Å². The van der Waals surface area contributed by atoms with E-state index < -0.39 is 0 Å². The molecule has 4 heteroatoms. The number of carbonyl (C=O) groups excluding carboxylic acids is 1. The Labute approximate surface area is 143 Å². The fourth-order valence-corrected chi connectivity index (χ4v) is 3.32. The van der Waals surface area contributed by atoms with Gasteiger partial charge in [-0.3, -0.25) is 4.79 Å². The third-order valence-corrected chi connectivity index (χ3v) is 4.65. The van der Waals surface area contributed by atoms with E-state index in [1.807, 2.05) is 29.2 Å². The number of anilines is 2. The number of benzene rings is 1. The molecule has 1 unspecified atom stereocenters. The van der Waals surface area contributed by atoms with Crippen LogP contribution in [0.5, 0.6) is 0 Å². The van der Waals surface area contributed by atoms with Crippen molar-refractivity contribution in [2.24, 2.45) is 0 Å². The molecule has 1 aromatic heterocycles. The zero-order valence-corrected chi connectivity index (χ0v) is 14.5. The molecule has 1 amide bonds. The number of hydrogen-bond acceptors (Lipinski definition) is 3. The molecule has 1 aromatic carbocycles. The summed E-state index contributed by atoms with van der Waals surface area (Å²) in [4.78, 5) is 19.1. The highest BCUT2D eigenvalue weighted by Gasteiger charge is 2.26. The number of nitrogens with zero attached hydrogens (tertiary/aromatic N) is 2. The predicted octanol–water partition coefficient (Wildman–Crippen LogP) is 4.54. The first-order valence-electron chi connectivity index (χ1n) is 8.78. The second-order valence-corrected chi connectivity index (χ2v) is 6.48. The highest BCUT2D eigenvalue weighted by Crippen LogP contribution is 2.22. The lowest BCUT2D eigenvalue weighted by Gasteiger charge is -2.35. The molecule has 0 saturated carbocycles. The lowest BCUT2D eigenvalue weighted by molar-refractivity contribution is 0.0602. The molecule has 2 heterocycles. The maximum Gasteiger partial charge on any atom is 0.272 e. The summed E-state index contributed by atoms with van der Waals surface area (Å²) in [5, 5.41) is 3.32. The van der Waals surface area contributed by atoms with Crippen molar-refractivity contribution in [2.75, 3.05) is 11.9 Å². The molecule has 1 saturated heterocycles. The van der Waals surface area contributed by atoms with Gasteiger partial charge in [0.05, 0.1) is 11.9 Å². The minimum Gasteiger partial charge on any atom is -0.354 e. The predicted molar refractivity (Wildman–Crippen MR) is 97.7 cm³/mol. The SMILES string of the molecule is CCC1CCCCN1C(=O)c1ccc(Nc2cccc(C)c2)cn1. The molecule has 0 spiro atoms. The van der Waals surface area contributed by atoms with E-state index in [9.17, 15) is 4.79 Å². The summed E-state index contributed by atoms with van der Waals surface area (Å²) in [6.07, 6.45) is 6.17. The van der Waals surface area contributed by atoms with Gasteiger partial charge in [0.15, 0.2) is 0 Å². The fraction of sp³-hybridized carbons (Fsp3) is 0.400. The van der Waals surface area contributed by atoms with E-state index in [1.165, 1.54) is 12.0 Å². The zero-order chi connectivity index (χ0) is 16.9. The molecule has 1 aliphatic heterocycles. The van der Waals surface area contributed by atoms with Gasteiger partial charge in [-0.2, -0.15) is 0 Å². The van der Waals surface area contributed by atoms with Gasteiger partial charge in [-0.05, 0) is 62.4 Å². The quantitative estimate of drug-likeness (QED) is 0.898. The molecule has 3 rings (SSSR count). The topological polar surface area (TPSA) is 45.2 Å². The highest BCUT2D eigenvalue weighted by molar-refractivity contribution is 5.92. The van der Waals surface area contributed by atoms with Crippen LogP contribution in [0.2, 0.25) is 0 Å². The normalized spacial score (nSPS) is 17.6.